The van der Waals surface area contributed by atoms with Gasteiger partial charge in [0, 0.05) is 44.6 Å². The Bertz CT molecular complexity index is 3930. The van der Waals surface area contributed by atoms with Crippen molar-refractivity contribution in [3.05, 3.63) is 241 Å². The molecular formula is C65H48N2O. The van der Waals surface area contributed by atoms with Crippen LogP contribution in [0.15, 0.2) is 223 Å². The molecule has 0 atom stereocenters. The molecule has 0 unspecified atom stereocenters. The van der Waals surface area contributed by atoms with Gasteiger partial charge in [-0.2, -0.15) is 0 Å². The molecule has 1 aliphatic rings. The van der Waals surface area contributed by atoms with Gasteiger partial charge >= 0.3 is 0 Å². The quantitative estimate of drug-likeness (QED) is 0.149. The molecule has 1 aromatic heterocycles. The molecule has 1 heterocycles. The van der Waals surface area contributed by atoms with Crippen LogP contribution in [0.3, 0.4) is 0 Å². The number of rotatable bonds is 7. The number of anilines is 6. The number of hydrogen-bond acceptors (Lipinski definition) is 3. The number of hydrogen-bond donors (Lipinski definition) is 0. The largest absolute Gasteiger partial charge is 0.454 e. The number of nitrogens with zero attached hydrogens (tertiary/aromatic N) is 2. The Morgan fingerprint density at radius 2 is 0.912 bits per heavy atom. The number of fused-ring (bicyclic) bond motifs is 9. The smallest absolute Gasteiger partial charge is 0.159 e. The monoisotopic (exact) mass is 872 g/mol. The first kappa shape index (κ1) is 39.9. The molecule has 13 rings (SSSR count). The van der Waals surface area contributed by atoms with E-state index >= 15 is 0 Å². The molecular weight excluding hydrogens is 825 g/mol. The van der Waals surface area contributed by atoms with Gasteiger partial charge in [0.2, 0.25) is 0 Å². The summed E-state index contributed by atoms with van der Waals surface area (Å²) in [5.74, 6) is 0. The van der Waals surface area contributed by atoms with E-state index in [1.807, 2.05) is 6.07 Å². The van der Waals surface area contributed by atoms with Crippen molar-refractivity contribution >= 4 is 88.4 Å². The second-order valence-electron chi connectivity index (χ2n) is 19.0. The highest BCUT2D eigenvalue weighted by Crippen LogP contribution is 2.54. The average molecular weight is 873 g/mol. The van der Waals surface area contributed by atoms with E-state index < -0.39 is 0 Å². The molecule has 0 saturated carbocycles. The van der Waals surface area contributed by atoms with E-state index in [4.69, 9.17) is 4.42 Å². The summed E-state index contributed by atoms with van der Waals surface area (Å²) in [6, 6.07) is 80.0. The summed E-state index contributed by atoms with van der Waals surface area (Å²) in [6.07, 6.45) is 0. The fourth-order valence-corrected chi connectivity index (χ4v) is 11.3. The van der Waals surface area contributed by atoms with Gasteiger partial charge in [0.05, 0.1) is 5.69 Å². The predicted molar refractivity (Wildman–Crippen MR) is 288 cm³/mol. The van der Waals surface area contributed by atoms with Crippen molar-refractivity contribution in [3.63, 3.8) is 0 Å². The van der Waals surface area contributed by atoms with Crippen LogP contribution in [0.25, 0.3) is 76.5 Å². The molecule has 0 amide bonds. The molecule has 3 nitrogen and oxygen atoms in total. The lowest BCUT2D eigenvalue weighted by Gasteiger charge is -2.37. The summed E-state index contributed by atoms with van der Waals surface area (Å²) in [4.78, 5) is 4.76. The number of aryl methyl sites for hydroxylation is 2. The van der Waals surface area contributed by atoms with Crippen LogP contribution in [0.2, 0.25) is 0 Å². The Balaban J connectivity index is 0.979. The van der Waals surface area contributed by atoms with E-state index in [-0.39, 0.29) is 5.41 Å². The van der Waals surface area contributed by atoms with Gasteiger partial charge in [-0.05, 0) is 163 Å². The zero-order chi connectivity index (χ0) is 45.7. The van der Waals surface area contributed by atoms with E-state index in [0.717, 1.165) is 44.7 Å². The highest BCUT2D eigenvalue weighted by molar-refractivity contribution is 6.25. The maximum absolute atomic E-state index is 6.67. The topological polar surface area (TPSA) is 19.6 Å². The first-order valence-electron chi connectivity index (χ1n) is 23.7. The number of furan rings is 1. The van der Waals surface area contributed by atoms with Crippen molar-refractivity contribution in [3.8, 4) is 22.3 Å². The van der Waals surface area contributed by atoms with Crippen molar-refractivity contribution in [2.75, 3.05) is 9.80 Å². The Kier molecular flexibility index (Phi) is 9.00. The van der Waals surface area contributed by atoms with Gasteiger partial charge in [-0.3, -0.25) is 0 Å². The summed E-state index contributed by atoms with van der Waals surface area (Å²) < 4.78 is 6.67. The first-order chi connectivity index (χ1) is 33.3. The summed E-state index contributed by atoms with van der Waals surface area (Å²) in [7, 11) is 0. The molecule has 12 aromatic rings. The standard InChI is InChI=1S/C65H48N2O/c1-41-18-8-13-28-59(41)67(60-29-14-9-19-42(60)2)45-34-32-43(33-35-45)53-39-55-51-25-16-27-57-63(51)56(40-54(55)48-23-11-10-22-47(48)53)49-37-36-46(38-58(49)65(57,3)4)66(44-20-6-5-7-21-44)61-30-17-26-52-50-24-12-15-31-62(50)68-64(52)61/h5-40H,1-4H3. The normalized spacial score (nSPS) is 12.8. The van der Waals surface area contributed by atoms with Crippen LogP contribution in [-0.2, 0) is 5.41 Å². The molecule has 324 valence electrons. The molecule has 68 heavy (non-hydrogen) atoms. The SMILES string of the molecule is Cc1ccccc1N(c1ccc(-c2cc3c4cccc5c4c(cc3c3ccccc23)-c2ccc(N(c3ccccc3)c3cccc4c3oc3ccccc34)cc2C5(C)C)cc1)c1ccccc1C. The van der Waals surface area contributed by atoms with Gasteiger partial charge in [0.1, 0.15) is 5.58 Å². The fraction of sp³-hybridized carbons (Fsp3) is 0.0769. The Labute approximate surface area is 396 Å². The molecule has 0 saturated heterocycles. The lowest BCUT2D eigenvalue weighted by molar-refractivity contribution is 0.645. The van der Waals surface area contributed by atoms with E-state index in [1.165, 1.54) is 88.2 Å². The van der Waals surface area contributed by atoms with E-state index in [1.54, 1.807) is 0 Å². The Hall–Kier alpha value is -8.40. The first-order valence-corrected chi connectivity index (χ1v) is 23.7. The van der Waals surface area contributed by atoms with E-state index in [0.29, 0.717) is 0 Å². The fourth-order valence-electron chi connectivity index (χ4n) is 11.3. The van der Waals surface area contributed by atoms with Crippen molar-refractivity contribution < 1.29 is 4.42 Å². The second kappa shape index (κ2) is 15.3. The van der Waals surface area contributed by atoms with Crippen molar-refractivity contribution in [1.29, 1.82) is 0 Å². The minimum Gasteiger partial charge on any atom is -0.454 e. The Morgan fingerprint density at radius 1 is 0.353 bits per heavy atom. The third-order valence-corrected chi connectivity index (χ3v) is 14.7. The van der Waals surface area contributed by atoms with Gasteiger partial charge in [0.15, 0.2) is 5.58 Å². The van der Waals surface area contributed by atoms with Crippen molar-refractivity contribution in [2.24, 2.45) is 0 Å². The van der Waals surface area contributed by atoms with Gasteiger partial charge in [-0.25, -0.2) is 0 Å². The van der Waals surface area contributed by atoms with Crippen LogP contribution in [0.4, 0.5) is 34.1 Å². The summed E-state index contributed by atoms with van der Waals surface area (Å²) in [6.45, 7) is 9.18. The predicted octanol–water partition coefficient (Wildman–Crippen LogP) is 18.6. The molecule has 0 aliphatic heterocycles. The highest BCUT2D eigenvalue weighted by atomic mass is 16.3. The van der Waals surface area contributed by atoms with Gasteiger partial charge in [0.25, 0.3) is 0 Å². The summed E-state index contributed by atoms with van der Waals surface area (Å²) >= 11 is 0. The third-order valence-electron chi connectivity index (χ3n) is 14.7. The molecule has 11 aromatic carbocycles. The average Bonchev–Trinajstić information content (AvgIpc) is 3.77. The molecule has 0 bridgehead atoms. The zero-order valence-corrected chi connectivity index (χ0v) is 38.6. The molecule has 3 heteroatoms. The second-order valence-corrected chi connectivity index (χ2v) is 19.0. The zero-order valence-electron chi connectivity index (χ0n) is 38.6. The maximum Gasteiger partial charge on any atom is 0.159 e. The molecule has 0 radical (unpaired) electrons. The van der Waals surface area contributed by atoms with Crippen molar-refractivity contribution in [1.82, 2.24) is 0 Å². The molecule has 0 spiro atoms. The van der Waals surface area contributed by atoms with Gasteiger partial charge in [-0.1, -0.05) is 159 Å². The van der Waals surface area contributed by atoms with Crippen LogP contribution in [0, 0.1) is 13.8 Å². The van der Waals surface area contributed by atoms with Gasteiger partial charge in [-0.15, -0.1) is 0 Å². The lowest BCUT2D eigenvalue weighted by Crippen LogP contribution is -2.24. The molecule has 0 fully saturated rings. The molecule has 1 aliphatic carbocycles. The summed E-state index contributed by atoms with van der Waals surface area (Å²) in [5, 5.41) is 9.90. The minimum atomic E-state index is -0.297. The Morgan fingerprint density at radius 3 is 1.66 bits per heavy atom. The van der Waals surface area contributed by atoms with Crippen LogP contribution in [0.1, 0.15) is 36.1 Å². The maximum atomic E-state index is 6.67. The minimum absolute atomic E-state index is 0.297. The number of benzene rings is 11. The van der Waals surface area contributed by atoms with Crippen LogP contribution >= 0.6 is 0 Å². The number of para-hydroxylation sites is 5. The van der Waals surface area contributed by atoms with Crippen LogP contribution in [0.5, 0.6) is 0 Å². The van der Waals surface area contributed by atoms with Crippen molar-refractivity contribution in [2.45, 2.75) is 33.1 Å². The highest BCUT2D eigenvalue weighted by Gasteiger charge is 2.35. The molecule has 0 N–H and O–H groups in total. The van der Waals surface area contributed by atoms with Gasteiger partial charge < -0.3 is 14.2 Å². The third kappa shape index (κ3) is 6.05. The van der Waals surface area contributed by atoms with Crippen LogP contribution in [-0.4, -0.2) is 0 Å². The van der Waals surface area contributed by atoms with E-state index in [9.17, 15) is 0 Å². The summed E-state index contributed by atoms with van der Waals surface area (Å²) in [5.41, 5.74) is 18.2. The lowest BCUT2D eigenvalue weighted by atomic mass is 9.67. The van der Waals surface area contributed by atoms with Crippen LogP contribution < -0.4 is 9.80 Å². The van der Waals surface area contributed by atoms with E-state index in [2.05, 4.69) is 250 Å².